The molecule has 1 aromatic carbocycles. The van der Waals surface area contributed by atoms with E-state index in [1.165, 1.54) is 37.9 Å². The smallest absolute Gasteiger partial charge is 0.230 e. The fourth-order valence-electron chi connectivity index (χ4n) is 3.13. The van der Waals surface area contributed by atoms with Crippen LogP contribution < -0.4 is 5.32 Å². The van der Waals surface area contributed by atoms with Gasteiger partial charge in [-0.2, -0.15) is 0 Å². The molecular weight excluding hydrogens is 330 g/mol. The van der Waals surface area contributed by atoms with E-state index in [4.69, 9.17) is 0 Å². The fourth-order valence-corrected chi connectivity index (χ4v) is 3.97. The summed E-state index contributed by atoms with van der Waals surface area (Å²) in [4.78, 5) is 19.3. The SMILES string of the molecule is CC(C)c1ccc(NC(=O)Cc2csc(CN3CCCCC3)n2)cc1. The highest BCUT2D eigenvalue weighted by molar-refractivity contribution is 7.09. The first kappa shape index (κ1) is 18.1. The molecule has 1 amide bonds. The van der Waals surface area contributed by atoms with Crippen LogP contribution in [-0.2, 0) is 17.8 Å². The van der Waals surface area contributed by atoms with Gasteiger partial charge in [0, 0.05) is 11.1 Å². The van der Waals surface area contributed by atoms with E-state index in [1.807, 2.05) is 17.5 Å². The van der Waals surface area contributed by atoms with Crippen LogP contribution in [0.1, 0.15) is 55.3 Å². The van der Waals surface area contributed by atoms with Crippen LogP contribution in [0.15, 0.2) is 29.6 Å². The quantitative estimate of drug-likeness (QED) is 0.831. The van der Waals surface area contributed by atoms with Crippen LogP contribution in [0.3, 0.4) is 0 Å². The van der Waals surface area contributed by atoms with Gasteiger partial charge in [-0.15, -0.1) is 11.3 Å². The minimum Gasteiger partial charge on any atom is -0.326 e. The van der Waals surface area contributed by atoms with Crippen LogP contribution in [0.5, 0.6) is 0 Å². The Balaban J connectivity index is 1.50. The van der Waals surface area contributed by atoms with E-state index in [2.05, 4.69) is 41.2 Å². The van der Waals surface area contributed by atoms with Gasteiger partial charge in [0.25, 0.3) is 0 Å². The zero-order valence-corrected chi connectivity index (χ0v) is 15.9. The van der Waals surface area contributed by atoms with Gasteiger partial charge in [-0.05, 0) is 49.5 Å². The number of anilines is 1. The first-order valence-corrected chi connectivity index (χ1v) is 10.0. The number of piperidine rings is 1. The molecule has 0 radical (unpaired) electrons. The molecule has 0 spiro atoms. The minimum absolute atomic E-state index is 0.00730. The van der Waals surface area contributed by atoms with E-state index in [1.54, 1.807) is 11.3 Å². The maximum atomic E-state index is 12.2. The maximum absolute atomic E-state index is 12.2. The van der Waals surface area contributed by atoms with E-state index in [0.29, 0.717) is 12.3 Å². The van der Waals surface area contributed by atoms with Gasteiger partial charge < -0.3 is 5.32 Å². The van der Waals surface area contributed by atoms with Gasteiger partial charge in [0.2, 0.25) is 5.91 Å². The summed E-state index contributed by atoms with van der Waals surface area (Å²) >= 11 is 1.66. The summed E-state index contributed by atoms with van der Waals surface area (Å²) in [6.07, 6.45) is 4.26. The Bertz CT molecular complexity index is 687. The lowest BCUT2D eigenvalue weighted by molar-refractivity contribution is -0.115. The molecule has 5 heteroatoms. The number of carbonyl (C=O) groups is 1. The number of amides is 1. The summed E-state index contributed by atoms with van der Waals surface area (Å²) in [5.74, 6) is 0.491. The topological polar surface area (TPSA) is 45.2 Å². The van der Waals surface area contributed by atoms with E-state index < -0.39 is 0 Å². The molecule has 1 saturated heterocycles. The summed E-state index contributed by atoms with van der Waals surface area (Å²) in [6.45, 7) is 7.58. The van der Waals surface area contributed by atoms with Crippen molar-refractivity contribution < 1.29 is 4.79 Å². The van der Waals surface area contributed by atoms with Crippen molar-refractivity contribution in [1.29, 1.82) is 0 Å². The van der Waals surface area contributed by atoms with Crippen LogP contribution in [0.4, 0.5) is 5.69 Å². The molecule has 1 fully saturated rings. The van der Waals surface area contributed by atoms with E-state index in [-0.39, 0.29) is 5.91 Å². The molecular formula is C20H27N3OS. The Morgan fingerprint density at radius 3 is 2.60 bits per heavy atom. The van der Waals surface area contributed by atoms with Crippen LogP contribution in [0.2, 0.25) is 0 Å². The zero-order valence-electron chi connectivity index (χ0n) is 15.1. The first-order chi connectivity index (χ1) is 12.1. The Morgan fingerprint density at radius 2 is 1.92 bits per heavy atom. The maximum Gasteiger partial charge on any atom is 0.230 e. The summed E-state index contributed by atoms with van der Waals surface area (Å²) < 4.78 is 0. The molecule has 25 heavy (non-hydrogen) atoms. The summed E-state index contributed by atoms with van der Waals surface area (Å²) in [6, 6.07) is 8.08. The van der Waals surface area contributed by atoms with Crippen LogP contribution in [-0.4, -0.2) is 28.9 Å². The van der Waals surface area contributed by atoms with E-state index >= 15 is 0 Å². The molecule has 1 N–H and O–H groups in total. The van der Waals surface area contributed by atoms with Gasteiger partial charge >= 0.3 is 0 Å². The van der Waals surface area contributed by atoms with E-state index in [9.17, 15) is 4.79 Å². The number of thiazole rings is 1. The third-order valence-corrected chi connectivity index (χ3v) is 5.49. The van der Waals surface area contributed by atoms with Gasteiger partial charge in [0.1, 0.15) is 5.01 Å². The average molecular weight is 358 g/mol. The van der Waals surface area contributed by atoms with Crippen molar-refractivity contribution in [3.8, 4) is 0 Å². The molecule has 0 bridgehead atoms. The number of nitrogens with one attached hydrogen (secondary N) is 1. The molecule has 1 aromatic heterocycles. The van der Waals surface area contributed by atoms with Crippen molar-refractivity contribution in [3.05, 3.63) is 45.9 Å². The highest BCUT2D eigenvalue weighted by atomic mass is 32.1. The van der Waals surface area contributed by atoms with Crippen molar-refractivity contribution in [1.82, 2.24) is 9.88 Å². The molecule has 0 atom stereocenters. The van der Waals surface area contributed by atoms with Crippen LogP contribution in [0.25, 0.3) is 0 Å². The molecule has 134 valence electrons. The van der Waals surface area contributed by atoms with Gasteiger partial charge in [-0.1, -0.05) is 32.4 Å². The number of hydrogen-bond donors (Lipinski definition) is 1. The van der Waals surface area contributed by atoms with Crippen molar-refractivity contribution in [2.45, 2.75) is 52.0 Å². The third kappa shape index (κ3) is 5.38. The molecule has 1 aliphatic heterocycles. The van der Waals surface area contributed by atoms with Gasteiger partial charge in [-0.3, -0.25) is 9.69 Å². The molecule has 2 heterocycles. The standard InChI is InChI=1S/C20H27N3OS/c1-15(2)16-6-8-17(9-7-16)21-19(24)12-18-14-25-20(22-18)13-23-10-4-3-5-11-23/h6-9,14-15H,3-5,10-13H2,1-2H3,(H,21,24). The Hall–Kier alpha value is -1.72. The number of nitrogens with zero attached hydrogens (tertiary/aromatic N) is 2. The summed E-state index contributed by atoms with van der Waals surface area (Å²) in [7, 11) is 0. The van der Waals surface area contributed by atoms with Crippen molar-refractivity contribution in [2.24, 2.45) is 0 Å². The van der Waals surface area contributed by atoms with Crippen molar-refractivity contribution in [3.63, 3.8) is 0 Å². The van der Waals surface area contributed by atoms with Crippen molar-refractivity contribution >= 4 is 22.9 Å². The largest absolute Gasteiger partial charge is 0.326 e. The second-order valence-electron chi connectivity index (χ2n) is 7.07. The lowest BCUT2D eigenvalue weighted by atomic mass is 10.0. The normalized spacial score (nSPS) is 15.5. The van der Waals surface area contributed by atoms with Gasteiger partial charge in [-0.25, -0.2) is 4.98 Å². The molecule has 3 rings (SSSR count). The summed E-state index contributed by atoms with van der Waals surface area (Å²) in [5.41, 5.74) is 2.99. The second-order valence-corrected chi connectivity index (χ2v) is 8.01. The monoisotopic (exact) mass is 357 g/mol. The highest BCUT2D eigenvalue weighted by Crippen LogP contribution is 2.19. The third-order valence-electron chi connectivity index (χ3n) is 4.61. The number of benzene rings is 1. The number of likely N-dealkylation sites (tertiary alicyclic amines) is 1. The fraction of sp³-hybridized carbons (Fsp3) is 0.500. The predicted octanol–water partition coefficient (Wildman–Crippen LogP) is 4.43. The summed E-state index contributed by atoms with van der Waals surface area (Å²) in [5, 5.41) is 6.09. The molecule has 0 aliphatic carbocycles. The number of aromatic nitrogens is 1. The highest BCUT2D eigenvalue weighted by Gasteiger charge is 2.13. The molecule has 4 nitrogen and oxygen atoms in total. The molecule has 2 aromatic rings. The van der Waals surface area contributed by atoms with Crippen LogP contribution >= 0.6 is 11.3 Å². The lowest BCUT2D eigenvalue weighted by Crippen LogP contribution is -2.29. The average Bonchev–Trinajstić information content (AvgIpc) is 3.03. The van der Waals surface area contributed by atoms with Gasteiger partial charge in [0.15, 0.2) is 0 Å². The number of carbonyl (C=O) groups excluding carboxylic acids is 1. The predicted molar refractivity (Wildman–Crippen MR) is 104 cm³/mol. The zero-order chi connectivity index (χ0) is 17.6. The Labute approximate surface area is 154 Å². The van der Waals surface area contributed by atoms with Crippen LogP contribution in [0, 0.1) is 0 Å². The molecule has 0 unspecified atom stereocenters. The number of rotatable bonds is 6. The minimum atomic E-state index is -0.00730. The Kier molecular flexibility index (Phi) is 6.21. The van der Waals surface area contributed by atoms with E-state index in [0.717, 1.165) is 22.9 Å². The molecule has 1 aliphatic rings. The second kappa shape index (κ2) is 8.59. The first-order valence-electron chi connectivity index (χ1n) is 9.15. The van der Waals surface area contributed by atoms with Gasteiger partial charge in [0.05, 0.1) is 18.7 Å². The lowest BCUT2D eigenvalue weighted by Gasteiger charge is -2.25. The molecule has 0 saturated carbocycles. The Morgan fingerprint density at radius 1 is 1.20 bits per heavy atom. The number of hydrogen-bond acceptors (Lipinski definition) is 4. The van der Waals surface area contributed by atoms with Crippen molar-refractivity contribution in [2.75, 3.05) is 18.4 Å².